The molecule has 0 radical (unpaired) electrons. The van der Waals surface area contributed by atoms with Gasteiger partial charge in [-0.25, -0.2) is 14.2 Å². The molecule has 0 unspecified atom stereocenters. The predicted octanol–water partition coefficient (Wildman–Crippen LogP) is 3.10. The zero-order valence-electron chi connectivity index (χ0n) is 11.2. The fourth-order valence-electron chi connectivity index (χ4n) is 1.79. The third-order valence-corrected chi connectivity index (χ3v) is 2.85. The van der Waals surface area contributed by atoms with E-state index in [2.05, 4.69) is 10.3 Å². The topological polar surface area (TPSA) is 86.0 Å². The fourth-order valence-corrected chi connectivity index (χ4v) is 1.79. The van der Waals surface area contributed by atoms with Gasteiger partial charge in [-0.3, -0.25) is 0 Å². The molecule has 0 amide bonds. The highest BCUT2D eigenvalue weighted by Crippen LogP contribution is 2.20. The molecule has 106 valence electrons. The van der Waals surface area contributed by atoms with Crippen LogP contribution in [0.25, 0.3) is 0 Å². The summed E-state index contributed by atoms with van der Waals surface area (Å²) < 4.78 is 13.3. The summed E-state index contributed by atoms with van der Waals surface area (Å²) in [6, 6.07) is 8.60. The summed E-state index contributed by atoms with van der Waals surface area (Å²) in [7, 11) is 0. The van der Waals surface area contributed by atoms with E-state index in [4.69, 9.17) is 10.4 Å². The predicted molar refractivity (Wildman–Crippen MR) is 75.0 cm³/mol. The number of benzene rings is 1. The second kappa shape index (κ2) is 6.01. The van der Waals surface area contributed by atoms with E-state index in [9.17, 15) is 9.18 Å². The van der Waals surface area contributed by atoms with Crippen LogP contribution in [0, 0.1) is 17.1 Å². The van der Waals surface area contributed by atoms with Gasteiger partial charge in [0.2, 0.25) is 0 Å². The quantitative estimate of drug-likeness (QED) is 0.901. The highest BCUT2D eigenvalue weighted by Gasteiger charge is 2.09. The molecule has 0 fully saturated rings. The highest BCUT2D eigenvalue weighted by atomic mass is 19.1. The van der Waals surface area contributed by atoms with E-state index in [0.29, 0.717) is 23.6 Å². The van der Waals surface area contributed by atoms with Gasteiger partial charge in [-0.15, -0.1) is 0 Å². The van der Waals surface area contributed by atoms with Crippen LogP contribution in [0.15, 0.2) is 30.3 Å². The summed E-state index contributed by atoms with van der Waals surface area (Å²) >= 11 is 0. The molecule has 0 aliphatic carbocycles. The number of aromatic carboxylic acids is 1. The smallest absolute Gasteiger partial charge is 0.335 e. The molecule has 0 saturated carbocycles. The molecule has 2 aromatic rings. The molecule has 5 nitrogen and oxygen atoms in total. The zero-order chi connectivity index (χ0) is 15.4. The molecule has 0 aliphatic rings. The van der Waals surface area contributed by atoms with Crippen molar-refractivity contribution >= 4 is 17.5 Å². The van der Waals surface area contributed by atoms with E-state index in [1.807, 2.05) is 6.92 Å². The maximum atomic E-state index is 13.3. The van der Waals surface area contributed by atoms with E-state index in [1.165, 1.54) is 30.3 Å². The lowest BCUT2D eigenvalue weighted by atomic mass is 10.2. The van der Waals surface area contributed by atoms with E-state index in [-0.39, 0.29) is 11.1 Å². The van der Waals surface area contributed by atoms with Crippen LogP contribution in [-0.2, 0) is 6.42 Å². The Bertz CT molecular complexity index is 738. The van der Waals surface area contributed by atoms with Gasteiger partial charge < -0.3 is 10.4 Å². The largest absolute Gasteiger partial charge is 0.478 e. The lowest BCUT2D eigenvalue weighted by Crippen LogP contribution is -2.03. The molecule has 2 rings (SSSR count). The summed E-state index contributed by atoms with van der Waals surface area (Å²) in [5.41, 5.74) is 1.11. The molecule has 1 heterocycles. The zero-order valence-corrected chi connectivity index (χ0v) is 11.2. The molecule has 21 heavy (non-hydrogen) atoms. The van der Waals surface area contributed by atoms with Crippen LogP contribution in [0.1, 0.15) is 28.5 Å². The van der Waals surface area contributed by atoms with Crippen molar-refractivity contribution in [1.82, 2.24) is 4.98 Å². The number of nitrogens with one attached hydrogen (secondary N) is 1. The van der Waals surface area contributed by atoms with Gasteiger partial charge >= 0.3 is 5.97 Å². The van der Waals surface area contributed by atoms with Crippen molar-refractivity contribution < 1.29 is 14.3 Å². The lowest BCUT2D eigenvalue weighted by Gasteiger charge is -2.09. The second-order valence-corrected chi connectivity index (χ2v) is 4.32. The number of carbonyl (C=O) groups is 1. The number of aryl methyl sites for hydroxylation is 1. The molecule has 1 aromatic carbocycles. The van der Waals surface area contributed by atoms with Crippen molar-refractivity contribution in [3.63, 3.8) is 0 Å². The van der Waals surface area contributed by atoms with Crippen molar-refractivity contribution in [3.05, 3.63) is 53.0 Å². The fraction of sp³-hybridized carbons (Fsp3) is 0.133. The number of carboxylic acid groups (broad SMARTS) is 1. The van der Waals surface area contributed by atoms with Crippen LogP contribution in [0.5, 0.6) is 0 Å². The number of pyridine rings is 1. The van der Waals surface area contributed by atoms with Gasteiger partial charge in [0.1, 0.15) is 17.7 Å². The van der Waals surface area contributed by atoms with Gasteiger partial charge in [0, 0.05) is 11.4 Å². The molecule has 0 bridgehead atoms. The first kappa shape index (κ1) is 14.5. The Morgan fingerprint density at radius 3 is 2.81 bits per heavy atom. The van der Waals surface area contributed by atoms with Crippen molar-refractivity contribution in [2.24, 2.45) is 0 Å². The molecular weight excluding hydrogens is 273 g/mol. The number of rotatable bonds is 4. The lowest BCUT2D eigenvalue weighted by molar-refractivity contribution is 0.0696. The Morgan fingerprint density at radius 2 is 2.19 bits per heavy atom. The van der Waals surface area contributed by atoms with E-state index >= 15 is 0 Å². The van der Waals surface area contributed by atoms with Crippen LogP contribution in [0.3, 0.4) is 0 Å². The van der Waals surface area contributed by atoms with Crippen LogP contribution >= 0.6 is 0 Å². The summed E-state index contributed by atoms with van der Waals surface area (Å²) in [5, 5.41) is 20.7. The molecule has 0 atom stereocenters. The minimum absolute atomic E-state index is 0.0925. The monoisotopic (exact) mass is 285 g/mol. The number of hydrogen-bond donors (Lipinski definition) is 2. The number of nitrogens with zero attached hydrogens (tertiary/aromatic N) is 2. The van der Waals surface area contributed by atoms with E-state index in [0.717, 1.165) is 0 Å². The second-order valence-electron chi connectivity index (χ2n) is 4.32. The summed E-state index contributed by atoms with van der Waals surface area (Å²) in [6.45, 7) is 1.86. The maximum absolute atomic E-state index is 13.3. The molecular formula is C15H12FN3O2. The van der Waals surface area contributed by atoms with Crippen molar-refractivity contribution in [3.8, 4) is 6.07 Å². The normalized spacial score (nSPS) is 9.95. The Balaban J connectivity index is 2.37. The maximum Gasteiger partial charge on any atom is 0.335 e. The first-order valence-corrected chi connectivity index (χ1v) is 6.24. The Labute approximate surface area is 120 Å². The molecule has 0 saturated heterocycles. The standard InChI is InChI=1S/C15H12FN3O2/c1-2-11-5-9(15(20)21)7-14(18-11)19-12-3-4-13(16)10(6-12)8-17/h3-7H,2H2,1H3,(H,18,19)(H,20,21). The van der Waals surface area contributed by atoms with E-state index < -0.39 is 11.8 Å². The number of aromatic nitrogens is 1. The number of hydrogen-bond acceptors (Lipinski definition) is 4. The SMILES string of the molecule is CCc1cc(C(=O)O)cc(Nc2ccc(F)c(C#N)c2)n1. The highest BCUT2D eigenvalue weighted by molar-refractivity contribution is 5.88. The molecule has 1 aromatic heterocycles. The number of halogens is 1. The Hall–Kier alpha value is -2.94. The third kappa shape index (κ3) is 3.34. The van der Waals surface area contributed by atoms with Crippen LogP contribution in [0.4, 0.5) is 15.9 Å². The third-order valence-electron chi connectivity index (χ3n) is 2.85. The van der Waals surface area contributed by atoms with Crippen molar-refractivity contribution in [1.29, 1.82) is 5.26 Å². The van der Waals surface area contributed by atoms with Gasteiger partial charge in [0.15, 0.2) is 0 Å². The van der Waals surface area contributed by atoms with Crippen LogP contribution in [0.2, 0.25) is 0 Å². The minimum Gasteiger partial charge on any atom is -0.478 e. The van der Waals surface area contributed by atoms with Gasteiger partial charge in [-0.05, 0) is 36.8 Å². The molecule has 6 heteroatoms. The average Bonchev–Trinajstić information content (AvgIpc) is 2.48. The molecule has 0 spiro atoms. The molecule has 0 aliphatic heterocycles. The summed E-state index contributed by atoms with van der Waals surface area (Å²) in [6.07, 6.45) is 0.586. The summed E-state index contributed by atoms with van der Waals surface area (Å²) in [4.78, 5) is 15.3. The van der Waals surface area contributed by atoms with Gasteiger partial charge in [0.25, 0.3) is 0 Å². The van der Waals surface area contributed by atoms with E-state index in [1.54, 1.807) is 6.07 Å². The van der Waals surface area contributed by atoms with Crippen LogP contribution < -0.4 is 5.32 Å². The van der Waals surface area contributed by atoms with Crippen molar-refractivity contribution in [2.75, 3.05) is 5.32 Å². The number of carboxylic acids is 1. The van der Waals surface area contributed by atoms with Gasteiger partial charge in [-0.1, -0.05) is 6.92 Å². The van der Waals surface area contributed by atoms with Gasteiger partial charge in [0.05, 0.1) is 11.1 Å². The Kier molecular flexibility index (Phi) is 4.14. The Morgan fingerprint density at radius 1 is 1.43 bits per heavy atom. The number of anilines is 2. The van der Waals surface area contributed by atoms with Crippen molar-refractivity contribution in [2.45, 2.75) is 13.3 Å². The first-order chi connectivity index (χ1) is 10.0. The molecule has 2 N–H and O–H groups in total. The van der Waals surface area contributed by atoms with Crippen LogP contribution in [-0.4, -0.2) is 16.1 Å². The summed E-state index contributed by atoms with van der Waals surface area (Å²) in [5.74, 6) is -1.32. The minimum atomic E-state index is -1.05. The average molecular weight is 285 g/mol. The first-order valence-electron chi connectivity index (χ1n) is 6.24. The van der Waals surface area contributed by atoms with Gasteiger partial charge in [-0.2, -0.15) is 5.26 Å². The number of nitriles is 1.